The van der Waals surface area contributed by atoms with Gasteiger partial charge in [0.1, 0.15) is 23.3 Å². The fourth-order valence-corrected chi connectivity index (χ4v) is 3.73. The number of nitrogens with one attached hydrogen (secondary N) is 1. The predicted octanol–water partition coefficient (Wildman–Crippen LogP) is 5.05. The SMILES string of the molecule is CN(C=O)Cc1ccc(C(=O)NCc2c(F)cc(F)cc2F)cc1N(C)Cc1ccc(F)cc1Cl. The summed E-state index contributed by atoms with van der Waals surface area (Å²) in [7, 11) is 3.34. The molecule has 3 rings (SSSR count). The Bertz CT molecular complexity index is 1230. The largest absolute Gasteiger partial charge is 0.370 e. The molecule has 0 atom stereocenters. The number of nitrogens with zero attached hydrogens (tertiary/aromatic N) is 2. The average Bonchev–Trinajstić information content (AvgIpc) is 2.80. The standard InChI is InChI=1S/C25H22ClF4N3O2/c1-32(14-34)12-17-4-3-15(25(35)31-11-20-22(29)9-19(28)10-23(20)30)7-24(17)33(2)13-16-5-6-18(27)8-21(16)26/h3-10,14H,11-13H2,1-2H3,(H,31,35). The second-order valence-corrected chi connectivity index (χ2v) is 8.39. The predicted molar refractivity (Wildman–Crippen MR) is 125 cm³/mol. The normalized spacial score (nSPS) is 10.7. The van der Waals surface area contributed by atoms with Gasteiger partial charge in [0.25, 0.3) is 5.91 Å². The Morgan fingerprint density at radius 3 is 2.20 bits per heavy atom. The van der Waals surface area contributed by atoms with Crippen molar-refractivity contribution in [3.8, 4) is 0 Å². The van der Waals surface area contributed by atoms with E-state index in [1.165, 1.54) is 23.1 Å². The summed E-state index contributed by atoms with van der Waals surface area (Å²) in [6.45, 7) is 0.0327. The molecule has 0 aliphatic heterocycles. The number of rotatable bonds is 9. The molecule has 184 valence electrons. The van der Waals surface area contributed by atoms with E-state index in [0.29, 0.717) is 35.4 Å². The summed E-state index contributed by atoms with van der Waals surface area (Å²) in [6.07, 6.45) is 0.660. The molecular weight excluding hydrogens is 486 g/mol. The van der Waals surface area contributed by atoms with Gasteiger partial charge in [-0.1, -0.05) is 23.7 Å². The second-order valence-electron chi connectivity index (χ2n) is 7.99. The lowest BCUT2D eigenvalue weighted by Crippen LogP contribution is -2.26. The number of halogens is 5. The first-order chi connectivity index (χ1) is 16.6. The summed E-state index contributed by atoms with van der Waals surface area (Å²) in [5.74, 6) is -4.35. The van der Waals surface area contributed by atoms with Crippen molar-refractivity contribution in [2.75, 3.05) is 19.0 Å². The molecule has 0 bridgehead atoms. The van der Waals surface area contributed by atoms with Gasteiger partial charge in [0.05, 0.1) is 0 Å². The molecule has 0 aromatic heterocycles. The quantitative estimate of drug-likeness (QED) is 0.326. The van der Waals surface area contributed by atoms with E-state index in [1.807, 2.05) is 0 Å². The third-order valence-corrected chi connectivity index (χ3v) is 5.66. The van der Waals surface area contributed by atoms with E-state index in [4.69, 9.17) is 11.6 Å². The Kier molecular flexibility index (Phi) is 8.34. The van der Waals surface area contributed by atoms with Crippen LogP contribution in [-0.4, -0.2) is 31.3 Å². The number of hydrogen-bond acceptors (Lipinski definition) is 3. The van der Waals surface area contributed by atoms with Gasteiger partial charge >= 0.3 is 0 Å². The van der Waals surface area contributed by atoms with Gasteiger partial charge in [-0.05, 0) is 35.4 Å². The van der Waals surface area contributed by atoms with Crippen molar-refractivity contribution in [1.82, 2.24) is 10.2 Å². The maximum Gasteiger partial charge on any atom is 0.251 e. The zero-order chi connectivity index (χ0) is 25.7. The summed E-state index contributed by atoms with van der Waals surface area (Å²) in [6, 6.07) is 9.85. The summed E-state index contributed by atoms with van der Waals surface area (Å²) in [5, 5.41) is 2.67. The van der Waals surface area contributed by atoms with Crippen LogP contribution in [0.15, 0.2) is 48.5 Å². The minimum Gasteiger partial charge on any atom is -0.370 e. The van der Waals surface area contributed by atoms with Crippen LogP contribution in [0, 0.1) is 23.3 Å². The first-order valence-electron chi connectivity index (χ1n) is 10.4. The van der Waals surface area contributed by atoms with Gasteiger partial charge in [-0.15, -0.1) is 0 Å². The summed E-state index contributed by atoms with van der Waals surface area (Å²) < 4.78 is 54.3. The summed E-state index contributed by atoms with van der Waals surface area (Å²) in [5.41, 5.74) is 1.67. The zero-order valence-corrected chi connectivity index (χ0v) is 19.7. The second kappa shape index (κ2) is 11.2. The Labute approximate surface area is 204 Å². The van der Waals surface area contributed by atoms with Crippen molar-refractivity contribution in [2.45, 2.75) is 19.6 Å². The van der Waals surface area contributed by atoms with Gasteiger partial charge in [-0.25, -0.2) is 17.6 Å². The van der Waals surface area contributed by atoms with Crippen LogP contribution in [0.25, 0.3) is 0 Å². The highest BCUT2D eigenvalue weighted by Gasteiger charge is 2.17. The van der Waals surface area contributed by atoms with Gasteiger partial charge < -0.3 is 15.1 Å². The fraction of sp³-hybridized carbons (Fsp3) is 0.200. The van der Waals surface area contributed by atoms with E-state index in [0.717, 1.165) is 0 Å². The lowest BCUT2D eigenvalue weighted by atomic mass is 10.1. The number of anilines is 1. The van der Waals surface area contributed by atoms with Crippen molar-refractivity contribution < 1.29 is 27.2 Å². The maximum atomic E-state index is 13.9. The average molecular weight is 508 g/mol. The highest BCUT2D eigenvalue weighted by Crippen LogP contribution is 2.27. The number of carbonyl (C=O) groups excluding carboxylic acids is 2. The Morgan fingerprint density at radius 2 is 1.57 bits per heavy atom. The molecular formula is C25H22ClF4N3O2. The topological polar surface area (TPSA) is 52.7 Å². The van der Waals surface area contributed by atoms with Gasteiger partial charge in [-0.2, -0.15) is 0 Å². The van der Waals surface area contributed by atoms with E-state index in [1.54, 1.807) is 37.2 Å². The Morgan fingerprint density at radius 1 is 0.914 bits per heavy atom. The highest BCUT2D eigenvalue weighted by atomic mass is 35.5. The zero-order valence-electron chi connectivity index (χ0n) is 18.9. The summed E-state index contributed by atoms with van der Waals surface area (Å²) >= 11 is 6.15. The van der Waals surface area contributed by atoms with Crippen molar-refractivity contribution in [2.24, 2.45) is 0 Å². The molecule has 0 aliphatic carbocycles. The molecule has 0 saturated carbocycles. The summed E-state index contributed by atoms with van der Waals surface area (Å²) in [4.78, 5) is 27.1. The Balaban J connectivity index is 1.86. The fourth-order valence-electron chi connectivity index (χ4n) is 3.50. The lowest BCUT2D eigenvalue weighted by molar-refractivity contribution is -0.117. The van der Waals surface area contributed by atoms with Crippen LogP contribution in [0.4, 0.5) is 23.2 Å². The van der Waals surface area contributed by atoms with E-state index >= 15 is 0 Å². The highest BCUT2D eigenvalue weighted by molar-refractivity contribution is 6.31. The van der Waals surface area contributed by atoms with Crippen molar-refractivity contribution >= 4 is 29.6 Å². The third kappa shape index (κ3) is 6.51. The number of carbonyl (C=O) groups is 2. The molecule has 35 heavy (non-hydrogen) atoms. The minimum absolute atomic E-state index is 0.192. The van der Waals surface area contributed by atoms with Gasteiger partial charge in [0.2, 0.25) is 6.41 Å². The van der Waals surface area contributed by atoms with Crippen LogP contribution in [0.5, 0.6) is 0 Å². The smallest absolute Gasteiger partial charge is 0.251 e. The molecule has 5 nitrogen and oxygen atoms in total. The van der Waals surface area contributed by atoms with Crippen LogP contribution in [0.2, 0.25) is 5.02 Å². The third-order valence-electron chi connectivity index (χ3n) is 5.31. The van der Waals surface area contributed by atoms with Crippen LogP contribution in [0.1, 0.15) is 27.0 Å². The molecule has 10 heteroatoms. The molecule has 0 aliphatic rings. The molecule has 0 unspecified atom stereocenters. The molecule has 0 fully saturated rings. The minimum atomic E-state index is -1.10. The Hall–Kier alpha value is -3.59. The van der Waals surface area contributed by atoms with Gasteiger partial charge in [-0.3, -0.25) is 9.59 Å². The van der Waals surface area contributed by atoms with Crippen LogP contribution in [-0.2, 0) is 24.4 Å². The molecule has 3 aromatic rings. The molecule has 0 saturated heterocycles. The van der Waals surface area contributed by atoms with Crippen molar-refractivity contribution in [1.29, 1.82) is 0 Å². The molecule has 1 N–H and O–H groups in total. The number of benzene rings is 3. The van der Waals surface area contributed by atoms with E-state index < -0.39 is 41.3 Å². The molecule has 0 radical (unpaired) electrons. The first kappa shape index (κ1) is 26.0. The van der Waals surface area contributed by atoms with Gasteiger partial charge in [0, 0.05) is 67.7 Å². The molecule has 0 spiro atoms. The van der Waals surface area contributed by atoms with Crippen molar-refractivity contribution in [3.05, 3.63) is 99.1 Å². The molecule has 3 aromatic carbocycles. The maximum absolute atomic E-state index is 13.9. The van der Waals surface area contributed by atoms with E-state index in [9.17, 15) is 27.2 Å². The lowest BCUT2D eigenvalue weighted by Gasteiger charge is -2.25. The first-order valence-corrected chi connectivity index (χ1v) is 10.8. The van der Waals surface area contributed by atoms with Crippen LogP contribution >= 0.6 is 11.6 Å². The van der Waals surface area contributed by atoms with Crippen LogP contribution < -0.4 is 10.2 Å². The van der Waals surface area contributed by atoms with E-state index in [-0.39, 0.29) is 23.7 Å². The molecule has 2 amide bonds. The van der Waals surface area contributed by atoms with E-state index in [2.05, 4.69) is 5.32 Å². The number of amides is 2. The van der Waals surface area contributed by atoms with Crippen molar-refractivity contribution in [3.63, 3.8) is 0 Å². The monoisotopic (exact) mass is 507 g/mol. The van der Waals surface area contributed by atoms with Gasteiger partial charge in [0.15, 0.2) is 0 Å². The molecule has 0 heterocycles. The van der Waals surface area contributed by atoms with Crippen LogP contribution in [0.3, 0.4) is 0 Å². The number of hydrogen-bond donors (Lipinski definition) is 1.